The molecule has 0 amide bonds. The number of nitrogens with zero attached hydrogens (tertiary/aromatic N) is 2. The molecular weight excluding hydrogens is 264 g/mol. The second-order valence-electron chi connectivity index (χ2n) is 4.56. The van der Waals surface area contributed by atoms with Gasteiger partial charge in [0.05, 0.1) is 0 Å². The fourth-order valence-corrected chi connectivity index (χ4v) is 3.07. The molecule has 0 aromatic carbocycles. The Kier molecular flexibility index (Phi) is 4.47. The summed E-state index contributed by atoms with van der Waals surface area (Å²) in [6, 6.07) is 4.65. The zero-order valence-electron chi connectivity index (χ0n) is 10.5. The van der Waals surface area contributed by atoms with E-state index in [1.807, 2.05) is 6.07 Å². The molecule has 1 atom stereocenters. The van der Waals surface area contributed by atoms with Crippen LogP contribution in [0.1, 0.15) is 18.5 Å². The van der Waals surface area contributed by atoms with Gasteiger partial charge in [0, 0.05) is 12.7 Å². The van der Waals surface area contributed by atoms with Gasteiger partial charge in [0.15, 0.2) is 0 Å². The van der Waals surface area contributed by atoms with Crippen molar-refractivity contribution in [3.63, 3.8) is 0 Å². The monoisotopic (exact) mass is 280 g/mol. The van der Waals surface area contributed by atoms with Crippen LogP contribution in [0.5, 0.6) is 0 Å². The average molecular weight is 280 g/mol. The average Bonchev–Trinajstić information content (AvgIpc) is 2.46. The molecule has 1 unspecified atom stereocenters. The van der Waals surface area contributed by atoms with Gasteiger partial charge < -0.3 is 5.32 Å². The van der Waals surface area contributed by atoms with Crippen molar-refractivity contribution in [3.05, 3.63) is 24.0 Å². The quantitative estimate of drug-likeness (QED) is 0.823. The van der Waals surface area contributed by atoms with Crippen LogP contribution in [-0.4, -0.2) is 33.0 Å². The summed E-state index contributed by atoms with van der Waals surface area (Å²) >= 11 is 0. The molecule has 2 heterocycles. The van der Waals surface area contributed by atoms with Gasteiger partial charge in [-0.15, -0.1) is 0 Å². The van der Waals surface area contributed by atoms with Gasteiger partial charge in [0.1, 0.15) is 16.7 Å². The molecular formula is C12H16N4O2S. The van der Waals surface area contributed by atoms with Crippen molar-refractivity contribution in [1.82, 2.24) is 15.0 Å². The summed E-state index contributed by atoms with van der Waals surface area (Å²) in [4.78, 5) is 3.86. The third-order valence-electron chi connectivity index (χ3n) is 3.12. The molecule has 1 saturated heterocycles. The van der Waals surface area contributed by atoms with Crippen LogP contribution in [0.2, 0.25) is 0 Å². The van der Waals surface area contributed by atoms with Gasteiger partial charge in [-0.1, -0.05) is 0 Å². The highest BCUT2D eigenvalue weighted by molar-refractivity contribution is 7.89. The van der Waals surface area contributed by atoms with E-state index in [-0.39, 0.29) is 10.6 Å². The fraction of sp³-hybridized carbons (Fsp3) is 0.500. The fourth-order valence-electron chi connectivity index (χ4n) is 2.01. The highest BCUT2D eigenvalue weighted by Crippen LogP contribution is 2.11. The lowest BCUT2D eigenvalue weighted by molar-refractivity contribution is 0.376. The second-order valence-corrected chi connectivity index (χ2v) is 6.32. The SMILES string of the molecule is N#Cc1ccc(S(=O)(=O)NCC2CCCNC2)cn1. The van der Waals surface area contributed by atoms with Crippen LogP contribution in [0, 0.1) is 17.2 Å². The topological polar surface area (TPSA) is 94.9 Å². The van der Waals surface area contributed by atoms with Crippen LogP contribution in [0.4, 0.5) is 0 Å². The van der Waals surface area contributed by atoms with Crippen molar-refractivity contribution in [2.45, 2.75) is 17.7 Å². The van der Waals surface area contributed by atoms with Crippen molar-refractivity contribution < 1.29 is 8.42 Å². The van der Waals surface area contributed by atoms with Crippen LogP contribution in [0.15, 0.2) is 23.2 Å². The molecule has 7 heteroatoms. The highest BCUT2D eigenvalue weighted by atomic mass is 32.2. The summed E-state index contributed by atoms with van der Waals surface area (Å²) < 4.78 is 26.6. The van der Waals surface area contributed by atoms with E-state index in [1.54, 1.807) is 0 Å². The number of rotatable bonds is 4. The Morgan fingerprint density at radius 2 is 2.37 bits per heavy atom. The van der Waals surface area contributed by atoms with Crippen molar-refractivity contribution in [1.29, 1.82) is 5.26 Å². The second kappa shape index (κ2) is 6.10. The summed E-state index contributed by atoms with van der Waals surface area (Å²) in [5.41, 5.74) is 0.204. The molecule has 1 aliphatic rings. The van der Waals surface area contributed by atoms with Crippen molar-refractivity contribution in [2.24, 2.45) is 5.92 Å². The molecule has 0 spiro atoms. The molecule has 102 valence electrons. The summed E-state index contributed by atoms with van der Waals surface area (Å²) in [6.07, 6.45) is 3.31. The number of pyridine rings is 1. The molecule has 0 saturated carbocycles. The standard InChI is InChI=1S/C12H16N4O2S/c13-6-11-3-4-12(9-15-11)19(17,18)16-8-10-2-1-5-14-7-10/h3-4,9-10,14,16H,1-2,5,7-8H2. The Balaban J connectivity index is 1.99. The van der Waals surface area contributed by atoms with E-state index < -0.39 is 10.0 Å². The minimum atomic E-state index is -3.53. The smallest absolute Gasteiger partial charge is 0.242 e. The van der Waals surface area contributed by atoms with Gasteiger partial charge in [-0.2, -0.15) is 5.26 Å². The zero-order chi connectivity index (χ0) is 13.7. The zero-order valence-corrected chi connectivity index (χ0v) is 11.3. The van der Waals surface area contributed by atoms with Crippen LogP contribution in [-0.2, 0) is 10.0 Å². The first-order chi connectivity index (χ1) is 9.12. The molecule has 1 fully saturated rings. The van der Waals surface area contributed by atoms with Crippen molar-refractivity contribution in [3.8, 4) is 6.07 Å². The molecule has 0 radical (unpaired) electrons. The van der Waals surface area contributed by atoms with E-state index in [0.29, 0.717) is 12.5 Å². The number of piperidine rings is 1. The van der Waals surface area contributed by atoms with Gasteiger partial charge >= 0.3 is 0 Å². The minimum absolute atomic E-state index is 0.0928. The Morgan fingerprint density at radius 1 is 1.53 bits per heavy atom. The van der Waals surface area contributed by atoms with Crippen molar-refractivity contribution >= 4 is 10.0 Å². The maximum atomic E-state index is 12.0. The molecule has 0 aliphatic carbocycles. The molecule has 1 aliphatic heterocycles. The first-order valence-electron chi connectivity index (χ1n) is 6.18. The van der Waals surface area contributed by atoms with Gasteiger partial charge in [0.25, 0.3) is 0 Å². The highest BCUT2D eigenvalue weighted by Gasteiger charge is 2.18. The van der Waals surface area contributed by atoms with Crippen LogP contribution < -0.4 is 10.0 Å². The molecule has 1 aromatic rings. The van der Waals surface area contributed by atoms with E-state index in [9.17, 15) is 8.42 Å². The third-order valence-corrected chi connectivity index (χ3v) is 4.53. The normalized spacial score (nSPS) is 19.8. The number of hydrogen-bond donors (Lipinski definition) is 2. The van der Waals surface area contributed by atoms with E-state index in [4.69, 9.17) is 5.26 Å². The predicted octanol–water partition coefficient (Wildman–Crippen LogP) is 0.231. The maximum absolute atomic E-state index is 12.0. The molecule has 2 N–H and O–H groups in total. The number of sulfonamides is 1. The number of nitriles is 1. The van der Waals surface area contributed by atoms with Gasteiger partial charge in [-0.05, 0) is 44.0 Å². The number of aromatic nitrogens is 1. The summed E-state index contributed by atoms with van der Waals surface area (Å²) in [5, 5.41) is 11.9. The Morgan fingerprint density at radius 3 is 2.95 bits per heavy atom. The molecule has 2 rings (SSSR count). The van der Waals surface area contributed by atoms with E-state index in [2.05, 4.69) is 15.0 Å². The van der Waals surface area contributed by atoms with E-state index in [0.717, 1.165) is 25.9 Å². The lowest BCUT2D eigenvalue weighted by atomic mass is 10.0. The van der Waals surface area contributed by atoms with Crippen LogP contribution >= 0.6 is 0 Å². The third kappa shape index (κ3) is 3.73. The largest absolute Gasteiger partial charge is 0.316 e. The molecule has 19 heavy (non-hydrogen) atoms. The van der Waals surface area contributed by atoms with Crippen LogP contribution in [0.3, 0.4) is 0 Å². The maximum Gasteiger partial charge on any atom is 0.242 e. The van der Waals surface area contributed by atoms with Crippen LogP contribution in [0.25, 0.3) is 0 Å². The minimum Gasteiger partial charge on any atom is -0.316 e. The molecule has 6 nitrogen and oxygen atoms in total. The summed E-state index contributed by atoms with van der Waals surface area (Å²) in [6.45, 7) is 2.27. The van der Waals surface area contributed by atoms with Gasteiger partial charge in [-0.3, -0.25) is 0 Å². The van der Waals surface area contributed by atoms with Gasteiger partial charge in [0.2, 0.25) is 10.0 Å². The number of hydrogen-bond acceptors (Lipinski definition) is 5. The van der Waals surface area contributed by atoms with E-state index in [1.165, 1.54) is 18.3 Å². The Labute approximate surface area is 112 Å². The first kappa shape index (κ1) is 13.9. The first-order valence-corrected chi connectivity index (χ1v) is 7.66. The lowest BCUT2D eigenvalue weighted by Gasteiger charge is -2.22. The Hall–Kier alpha value is -1.49. The number of nitrogens with one attached hydrogen (secondary N) is 2. The molecule has 0 bridgehead atoms. The van der Waals surface area contributed by atoms with E-state index >= 15 is 0 Å². The summed E-state index contributed by atoms with van der Waals surface area (Å²) in [5.74, 6) is 0.329. The summed E-state index contributed by atoms with van der Waals surface area (Å²) in [7, 11) is -3.53. The van der Waals surface area contributed by atoms with Crippen molar-refractivity contribution in [2.75, 3.05) is 19.6 Å². The Bertz CT molecular complexity index is 556. The predicted molar refractivity (Wildman–Crippen MR) is 69.7 cm³/mol. The lowest BCUT2D eigenvalue weighted by Crippen LogP contribution is -2.38. The molecule has 1 aromatic heterocycles. The van der Waals surface area contributed by atoms with Gasteiger partial charge in [-0.25, -0.2) is 18.1 Å².